The molecule has 8 heteroatoms. The summed E-state index contributed by atoms with van der Waals surface area (Å²) in [6.45, 7) is 0. The van der Waals surface area contributed by atoms with Crippen molar-refractivity contribution in [3.8, 4) is 11.4 Å². The molecule has 0 spiro atoms. The van der Waals surface area contributed by atoms with Gasteiger partial charge in [-0.15, -0.1) is 0 Å². The van der Waals surface area contributed by atoms with Crippen molar-refractivity contribution in [3.63, 3.8) is 0 Å². The van der Waals surface area contributed by atoms with Crippen LogP contribution in [0.1, 0.15) is 41.4 Å². The standard InChI is InChI=1S/C46H26N4O4/c51-43-33-23-21-27(47-37-15-5-1-11-29(37)30-12-2-6-16-38(30)47)25-35(33)45(53)49(43)41-19-9-10-20-42(41)50-44(52)34-24-22-28(26-36(34)46(50)54)48-39-17-7-3-13-31(39)32-14-4-8-18-40(32)48/h1-26H. The third kappa shape index (κ3) is 3.96. The van der Waals surface area contributed by atoms with E-state index in [1.165, 1.54) is 0 Å². The summed E-state index contributed by atoms with van der Waals surface area (Å²) in [4.78, 5) is 58.9. The zero-order valence-electron chi connectivity index (χ0n) is 28.4. The number of para-hydroxylation sites is 6. The van der Waals surface area contributed by atoms with Crippen LogP contribution in [0, 0.1) is 0 Å². The summed E-state index contributed by atoms with van der Waals surface area (Å²) in [5, 5.41) is 4.31. The van der Waals surface area contributed by atoms with Crippen LogP contribution in [0.4, 0.5) is 11.4 Å². The number of carbonyl (C=O) groups excluding carboxylic acids is 4. The van der Waals surface area contributed by atoms with Crippen molar-refractivity contribution in [2.24, 2.45) is 0 Å². The Morgan fingerprint density at radius 2 is 0.593 bits per heavy atom. The van der Waals surface area contributed by atoms with E-state index >= 15 is 0 Å². The quantitative estimate of drug-likeness (QED) is 0.172. The van der Waals surface area contributed by atoms with Gasteiger partial charge in [0, 0.05) is 32.9 Å². The minimum Gasteiger partial charge on any atom is -0.309 e. The number of benzene rings is 7. The molecule has 54 heavy (non-hydrogen) atoms. The van der Waals surface area contributed by atoms with Crippen LogP contribution in [-0.4, -0.2) is 32.8 Å². The Morgan fingerprint density at radius 3 is 0.944 bits per heavy atom. The summed E-state index contributed by atoms with van der Waals surface area (Å²) in [5.41, 5.74) is 6.67. The lowest BCUT2D eigenvalue weighted by atomic mass is 10.1. The fourth-order valence-corrected chi connectivity index (χ4v) is 8.42. The molecular formula is C46H26N4O4. The van der Waals surface area contributed by atoms with Crippen molar-refractivity contribution in [2.45, 2.75) is 0 Å². The van der Waals surface area contributed by atoms with Crippen LogP contribution in [0.3, 0.4) is 0 Å². The highest BCUT2D eigenvalue weighted by atomic mass is 16.2. The first kappa shape index (κ1) is 30.1. The molecule has 0 fully saturated rings. The van der Waals surface area contributed by atoms with Crippen molar-refractivity contribution in [3.05, 3.63) is 180 Å². The molecule has 0 bridgehead atoms. The number of aromatic nitrogens is 2. The normalized spacial score (nSPS) is 14.0. The van der Waals surface area contributed by atoms with Crippen molar-refractivity contribution in [1.82, 2.24) is 9.13 Å². The third-order valence-corrected chi connectivity index (χ3v) is 10.8. The van der Waals surface area contributed by atoms with Crippen LogP contribution in [0.5, 0.6) is 0 Å². The van der Waals surface area contributed by atoms with Gasteiger partial charge in [-0.1, -0.05) is 84.9 Å². The maximum absolute atomic E-state index is 14.3. The zero-order valence-corrected chi connectivity index (χ0v) is 28.4. The molecule has 2 aliphatic heterocycles. The van der Waals surface area contributed by atoms with E-state index in [4.69, 9.17) is 0 Å². The molecule has 4 amide bonds. The Hall–Kier alpha value is -7.58. The number of imide groups is 2. The molecule has 0 atom stereocenters. The second-order valence-corrected chi connectivity index (χ2v) is 13.6. The predicted molar refractivity (Wildman–Crippen MR) is 210 cm³/mol. The molecule has 2 aliphatic rings. The molecule has 11 rings (SSSR count). The zero-order chi connectivity index (χ0) is 36.2. The topological polar surface area (TPSA) is 84.6 Å². The van der Waals surface area contributed by atoms with Crippen molar-refractivity contribution in [1.29, 1.82) is 0 Å². The Bertz CT molecular complexity index is 2850. The van der Waals surface area contributed by atoms with E-state index in [0.29, 0.717) is 0 Å². The lowest BCUT2D eigenvalue weighted by molar-refractivity contribution is 0.0904. The molecule has 0 saturated carbocycles. The van der Waals surface area contributed by atoms with Crippen molar-refractivity contribution >= 4 is 78.6 Å². The number of fused-ring (bicyclic) bond motifs is 8. The molecule has 7 aromatic carbocycles. The predicted octanol–water partition coefficient (Wildman–Crippen LogP) is 9.48. The molecular weight excluding hydrogens is 673 g/mol. The Balaban J connectivity index is 0.987. The van der Waals surface area contributed by atoms with Gasteiger partial charge in [0.1, 0.15) is 0 Å². The Labute approximate surface area is 307 Å². The van der Waals surface area contributed by atoms with Crippen LogP contribution in [-0.2, 0) is 0 Å². The van der Waals surface area contributed by atoms with Crippen LogP contribution in [0.25, 0.3) is 55.0 Å². The number of nitrogens with zero attached hydrogens (tertiary/aromatic N) is 4. The molecule has 0 aliphatic carbocycles. The summed E-state index contributed by atoms with van der Waals surface area (Å²) < 4.78 is 4.18. The van der Waals surface area contributed by atoms with Crippen molar-refractivity contribution in [2.75, 3.05) is 9.80 Å². The molecule has 254 valence electrons. The summed E-state index contributed by atoms with van der Waals surface area (Å²) in [5.74, 6) is -2.12. The van der Waals surface area contributed by atoms with Gasteiger partial charge in [-0.3, -0.25) is 19.2 Å². The third-order valence-electron chi connectivity index (χ3n) is 10.8. The first-order valence-electron chi connectivity index (χ1n) is 17.6. The van der Waals surface area contributed by atoms with E-state index in [-0.39, 0.29) is 33.6 Å². The molecule has 4 heterocycles. The van der Waals surface area contributed by atoms with E-state index in [2.05, 4.69) is 33.4 Å². The molecule has 0 saturated heterocycles. The molecule has 8 nitrogen and oxygen atoms in total. The highest BCUT2D eigenvalue weighted by Crippen LogP contribution is 2.41. The van der Waals surface area contributed by atoms with Gasteiger partial charge in [-0.05, 0) is 72.8 Å². The summed E-state index contributed by atoms with van der Waals surface area (Å²) in [7, 11) is 0. The van der Waals surface area contributed by atoms with Crippen LogP contribution < -0.4 is 9.80 Å². The molecule has 0 unspecified atom stereocenters. The van der Waals surface area contributed by atoms with Crippen LogP contribution in [0.15, 0.2) is 158 Å². The summed E-state index contributed by atoms with van der Waals surface area (Å²) >= 11 is 0. The monoisotopic (exact) mass is 698 g/mol. The fourth-order valence-electron chi connectivity index (χ4n) is 8.42. The van der Waals surface area contributed by atoms with E-state index in [1.807, 2.05) is 84.9 Å². The first-order chi connectivity index (χ1) is 26.5. The lowest BCUT2D eigenvalue weighted by Gasteiger charge is -2.22. The Morgan fingerprint density at radius 1 is 0.296 bits per heavy atom. The largest absolute Gasteiger partial charge is 0.309 e. The van der Waals surface area contributed by atoms with Gasteiger partial charge < -0.3 is 9.13 Å². The average molecular weight is 699 g/mol. The van der Waals surface area contributed by atoms with Crippen molar-refractivity contribution < 1.29 is 19.2 Å². The minimum absolute atomic E-state index is 0.152. The number of amides is 4. The van der Waals surface area contributed by atoms with E-state index in [1.54, 1.807) is 48.5 Å². The highest BCUT2D eigenvalue weighted by Gasteiger charge is 2.43. The second kappa shape index (κ2) is 11.0. The fraction of sp³-hybridized carbons (Fsp3) is 0. The summed E-state index contributed by atoms with van der Waals surface area (Å²) in [6, 6.07) is 49.4. The Kier molecular flexibility index (Phi) is 6.11. The first-order valence-corrected chi connectivity index (χ1v) is 17.6. The molecule has 9 aromatic rings. The second-order valence-electron chi connectivity index (χ2n) is 13.6. The van der Waals surface area contributed by atoms with E-state index in [9.17, 15) is 19.2 Å². The van der Waals surface area contributed by atoms with Crippen LogP contribution in [0.2, 0.25) is 0 Å². The number of carbonyl (C=O) groups is 4. The smallest absolute Gasteiger partial charge is 0.266 e. The lowest BCUT2D eigenvalue weighted by Crippen LogP contribution is -2.35. The van der Waals surface area contributed by atoms with E-state index < -0.39 is 23.6 Å². The van der Waals surface area contributed by atoms with Gasteiger partial charge in [0.05, 0.1) is 55.7 Å². The van der Waals surface area contributed by atoms with Gasteiger partial charge >= 0.3 is 0 Å². The number of hydrogen-bond donors (Lipinski definition) is 0. The molecule has 0 radical (unpaired) electrons. The maximum Gasteiger partial charge on any atom is 0.266 e. The van der Waals surface area contributed by atoms with Gasteiger partial charge in [0.15, 0.2) is 0 Å². The van der Waals surface area contributed by atoms with Gasteiger partial charge in [-0.2, -0.15) is 0 Å². The van der Waals surface area contributed by atoms with Crippen LogP contribution >= 0.6 is 0 Å². The van der Waals surface area contributed by atoms with Gasteiger partial charge in [-0.25, -0.2) is 9.80 Å². The number of rotatable bonds is 4. The van der Waals surface area contributed by atoms with E-state index in [0.717, 1.165) is 64.8 Å². The number of hydrogen-bond acceptors (Lipinski definition) is 4. The average Bonchev–Trinajstić information content (AvgIpc) is 3.89. The minimum atomic E-state index is -0.532. The summed E-state index contributed by atoms with van der Waals surface area (Å²) in [6.07, 6.45) is 0. The molecule has 0 N–H and O–H groups in total. The molecule has 2 aromatic heterocycles. The SMILES string of the molecule is O=C1c2ccc(-n3c4ccccc4c4ccccc43)cc2C(=O)N1c1ccccc1N1C(=O)c2ccc(-n3c4ccccc4c4ccccc43)cc2C1=O. The highest BCUT2D eigenvalue weighted by molar-refractivity contribution is 6.39. The van der Waals surface area contributed by atoms with Gasteiger partial charge in [0.25, 0.3) is 23.6 Å². The van der Waals surface area contributed by atoms with Gasteiger partial charge in [0.2, 0.25) is 0 Å². The maximum atomic E-state index is 14.3. The number of anilines is 2.